The lowest BCUT2D eigenvalue weighted by Gasteiger charge is -2.12. The first-order valence-electron chi connectivity index (χ1n) is 6.32. The molecule has 0 aromatic carbocycles. The Bertz CT molecular complexity index is 470. The molecule has 2 rings (SSSR count). The van der Waals surface area contributed by atoms with Gasteiger partial charge in [0.1, 0.15) is 10.7 Å². The number of thioether (sulfide) groups is 1. The fourth-order valence-electron chi connectivity index (χ4n) is 1.70. The molecule has 1 fully saturated rings. The third-order valence-corrected chi connectivity index (χ3v) is 6.06. The number of carbonyl (C=O) groups is 1. The predicted octanol–water partition coefficient (Wildman–Crippen LogP) is 1.81. The van der Waals surface area contributed by atoms with Crippen molar-refractivity contribution in [2.75, 3.05) is 37.0 Å². The predicted molar refractivity (Wildman–Crippen MR) is 83.3 cm³/mol. The average Bonchev–Trinajstić information content (AvgIpc) is 3.10. The summed E-state index contributed by atoms with van der Waals surface area (Å²) in [5.74, 6) is 0.220. The summed E-state index contributed by atoms with van der Waals surface area (Å²) in [6, 6.07) is 0. The van der Waals surface area contributed by atoms with E-state index in [4.69, 9.17) is 5.73 Å². The van der Waals surface area contributed by atoms with E-state index in [9.17, 15) is 4.79 Å². The van der Waals surface area contributed by atoms with Crippen LogP contribution in [0.2, 0.25) is 0 Å². The fourth-order valence-corrected chi connectivity index (χ4v) is 3.35. The Morgan fingerprint density at radius 1 is 1.63 bits per heavy atom. The van der Waals surface area contributed by atoms with Crippen LogP contribution < -0.4 is 16.0 Å². The van der Waals surface area contributed by atoms with E-state index >= 15 is 0 Å². The number of carbonyl (C=O) groups excluding carboxylic acids is 1. The van der Waals surface area contributed by atoms with Gasteiger partial charge in [0.15, 0.2) is 5.13 Å². The average molecular weight is 300 g/mol. The summed E-state index contributed by atoms with van der Waals surface area (Å²) in [6.45, 7) is 3.58. The Hall–Kier alpha value is -0.950. The standard InChI is InChI=1S/C12H20N4OS2/c1-4-16(2)11-15-9(13)8(19-11)10(17)14-7-12(18-3)5-6-12/h4-7,13H2,1-3H3,(H,14,17). The molecule has 1 aromatic heterocycles. The van der Waals surface area contributed by atoms with Crippen LogP contribution in [0.25, 0.3) is 0 Å². The van der Waals surface area contributed by atoms with Gasteiger partial charge in [0, 0.05) is 24.9 Å². The van der Waals surface area contributed by atoms with Crippen molar-refractivity contribution in [2.24, 2.45) is 0 Å². The summed E-state index contributed by atoms with van der Waals surface area (Å²) in [5.41, 5.74) is 5.83. The van der Waals surface area contributed by atoms with Crippen molar-refractivity contribution in [3.63, 3.8) is 0 Å². The Morgan fingerprint density at radius 2 is 2.32 bits per heavy atom. The zero-order valence-corrected chi connectivity index (χ0v) is 13.2. The van der Waals surface area contributed by atoms with E-state index in [1.165, 1.54) is 24.2 Å². The lowest BCUT2D eigenvalue weighted by molar-refractivity contribution is 0.0957. The SMILES string of the molecule is CCN(C)c1nc(N)c(C(=O)NCC2(SC)CC2)s1. The van der Waals surface area contributed by atoms with Gasteiger partial charge in [-0.3, -0.25) is 4.79 Å². The first kappa shape index (κ1) is 14.5. The van der Waals surface area contributed by atoms with Crippen LogP contribution in [-0.4, -0.2) is 42.0 Å². The minimum absolute atomic E-state index is 0.105. The van der Waals surface area contributed by atoms with Crippen molar-refractivity contribution in [2.45, 2.75) is 24.5 Å². The van der Waals surface area contributed by atoms with Gasteiger partial charge in [0.2, 0.25) is 0 Å². The Balaban J connectivity index is 2.00. The highest BCUT2D eigenvalue weighted by Crippen LogP contribution is 2.46. The third-order valence-electron chi connectivity index (χ3n) is 3.46. The first-order chi connectivity index (χ1) is 9.01. The lowest BCUT2D eigenvalue weighted by atomic mass is 10.4. The van der Waals surface area contributed by atoms with Crippen LogP contribution in [0.4, 0.5) is 10.9 Å². The van der Waals surface area contributed by atoms with E-state index < -0.39 is 0 Å². The second kappa shape index (κ2) is 5.58. The maximum atomic E-state index is 12.1. The van der Waals surface area contributed by atoms with Gasteiger partial charge in [-0.25, -0.2) is 4.98 Å². The van der Waals surface area contributed by atoms with Crippen LogP contribution >= 0.6 is 23.1 Å². The van der Waals surface area contributed by atoms with Crippen LogP contribution in [0, 0.1) is 0 Å². The zero-order valence-electron chi connectivity index (χ0n) is 11.5. The minimum Gasteiger partial charge on any atom is -0.382 e. The maximum Gasteiger partial charge on any atom is 0.265 e. The van der Waals surface area contributed by atoms with Crippen molar-refractivity contribution < 1.29 is 4.79 Å². The molecule has 0 radical (unpaired) electrons. The van der Waals surface area contributed by atoms with Crippen LogP contribution in [-0.2, 0) is 0 Å². The topological polar surface area (TPSA) is 71.2 Å². The second-order valence-electron chi connectivity index (χ2n) is 4.79. The van der Waals surface area contributed by atoms with Gasteiger partial charge in [-0.2, -0.15) is 11.8 Å². The maximum absolute atomic E-state index is 12.1. The van der Waals surface area contributed by atoms with Gasteiger partial charge >= 0.3 is 0 Å². The smallest absolute Gasteiger partial charge is 0.265 e. The number of nitrogens with zero attached hydrogens (tertiary/aromatic N) is 2. The quantitative estimate of drug-likeness (QED) is 0.838. The Labute approximate surface area is 122 Å². The highest BCUT2D eigenvalue weighted by molar-refractivity contribution is 8.00. The second-order valence-corrected chi connectivity index (χ2v) is 7.05. The molecule has 1 amide bonds. The van der Waals surface area contributed by atoms with Crippen LogP contribution in [0.15, 0.2) is 0 Å². The molecule has 3 N–H and O–H groups in total. The van der Waals surface area contributed by atoms with Crippen LogP contribution in [0.1, 0.15) is 29.4 Å². The van der Waals surface area contributed by atoms with Crippen LogP contribution in [0.3, 0.4) is 0 Å². The number of anilines is 2. The van der Waals surface area contributed by atoms with Crippen molar-refractivity contribution in [3.05, 3.63) is 4.88 Å². The number of nitrogens with one attached hydrogen (secondary N) is 1. The number of amides is 1. The number of rotatable bonds is 6. The molecular formula is C12H20N4OS2. The molecule has 106 valence electrons. The van der Waals surface area contributed by atoms with Crippen molar-refractivity contribution in [3.8, 4) is 0 Å². The van der Waals surface area contributed by atoms with Gasteiger partial charge in [-0.1, -0.05) is 11.3 Å². The van der Waals surface area contributed by atoms with E-state index in [2.05, 4.69) is 16.6 Å². The largest absolute Gasteiger partial charge is 0.382 e. The number of thiazole rings is 1. The van der Waals surface area contributed by atoms with Crippen molar-refractivity contribution in [1.82, 2.24) is 10.3 Å². The number of nitrogen functional groups attached to an aromatic ring is 1. The summed E-state index contributed by atoms with van der Waals surface area (Å²) < 4.78 is 0.262. The number of hydrogen-bond donors (Lipinski definition) is 2. The number of aromatic nitrogens is 1. The summed E-state index contributed by atoms with van der Waals surface area (Å²) in [4.78, 5) is 18.9. The third kappa shape index (κ3) is 3.14. The minimum atomic E-state index is -0.105. The first-order valence-corrected chi connectivity index (χ1v) is 8.36. The van der Waals surface area contributed by atoms with Gasteiger partial charge in [-0.15, -0.1) is 0 Å². The van der Waals surface area contributed by atoms with Gasteiger partial charge < -0.3 is 16.0 Å². The van der Waals surface area contributed by atoms with Gasteiger partial charge in [-0.05, 0) is 26.0 Å². The van der Waals surface area contributed by atoms with Crippen molar-refractivity contribution >= 4 is 40.0 Å². The Morgan fingerprint density at radius 3 is 2.84 bits per heavy atom. The van der Waals surface area contributed by atoms with Crippen molar-refractivity contribution in [1.29, 1.82) is 0 Å². The highest BCUT2D eigenvalue weighted by atomic mass is 32.2. The zero-order chi connectivity index (χ0) is 14.0. The molecular weight excluding hydrogens is 280 g/mol. The van der Waals surface area contributed by atoms with E-state index in [0.717, 1.165) is 11.7 Å². The van der Waals surface area contributed by atoms with Gasteiger partial charge in [0.05, 0.1) is 0 Å². The molecule has 1 aliphatic rings. The van der Waals surface area contributed by atoms with E-state index in [-0.39, 0.29) is 10.7 Å². The summed E-state index contributed by atoms with van der Waals surface area (Å²) in [7, 11) is 1.94. The molecule has 0 spiro atoms. The number of nitrogens with two attached hydrogens (primary N) is 1. The molecule has 0 saturated heterocycles. The molecule has 19 heavy (non-hydrogen) atoms. The monoisotopic (exact) mass is 300 g/mol. The molecule has 0 unspecified atom stereocenters. The molecule has 7 heteroatoms. The molecule has 5 nitrogen and oxygen atoms in total. The van der Waals surface area contributed by atoms with E-state index in [0.29, 0.717) is 17.2 Å². The molecule has 0 atom stereocenters. The fraction of sp³-hybridized carbons (Fsp3) is 0.667. The molecule has 0 aliphatic heterocycles. The highest BCUT2D eigenvalue weighted by Gasteiger charge is 2.42. The summed E-state index contributed by atoms with van der Waals surface area (Å²) in [5, 5.41) is 3.76. The van der Waals surface area contributed by atoms with Crippen LogP contribution in [0.5, 0.6) is 0 Å². The van der Waals surface area contributed by atoms with Gasteiger partial charge in [0.25, 0.3) is 5.91 Å². The lowest BCUT2D eigenvalue weighted by Crippen LogP contribution is -2.31. The number of hydrogen-bond acceptors (Lipinski definition) is 6. The van der Waals surface area contributed by atoms with E-state index in [1.54, 1.807) is 0 Å². The summed E-state index contributed by atoms with van der Waals surface area (Å²) >= 11 is 3.18. The molecule has 1 aliphatic carbocycles. The molecule has 1 saturated carbocycles. The molecule has 1 heterocycles. The van der Waals surface area contributed by atoms with E-state index in [1.807, 2.05) is 30.6 Å². The molecule has 0 bridgehead atoms. The Kier molecular flexibility index (Phi) is 4.25. The normalized spacial score (nSPS) is 16.2. The molecule has 1 aromatic rings. The summed E-state index contributed by atoms with van der Waals surface area (Å²) in [6.07, 6.45) is 4.45.